The highest BCUT2D eigenvalue weighted by Crippen LogP contribution is 2.11. The Morgan fingerprint density at radius 3 is 2.36 bits per heavy atom. The van der Waals surface area contributed by atoms with E-state index in [1.165, 1.54) is 6.07 Å². The lowest BCUT2D eigenvalue weighted by Gasteiger charge is -2.04. The molecule has 0 atom stereocenters. The van der Waals surface area contributed by atoms with Crippen LogP contribution in [0.3, 0.4) is 0 Å². The van der Waals surface area contributed by atoms with Crippen LogP contribution in [0.5, 0.6) is 5.75 Å². The zero-order valence-electron chi connectivity index (χ0n) is 6.15. The molecule has 0 aliphatic rings. The molecule has 0 saturated carbocycles. The number of aryl methyl sites for hydroxylation is 1. The van der Waals surface area contributed by atoms with Gasteiger partial charge in [-0.1, -0.05) is 18.2 Å². The van der Waals surface area contributed by atoms with Crippen LogP contribution in [-0.2, 0) is 0 Å². The van der Waals surface area contributed by atoms with Crippen molar-refractivity contribution < 1.29 is 15.2 Å². The molecule has 3 nitrogen and oxygen atoms in total. The fourth-order valence-corrected chi connectivity index (χ4v) is 0.890. The molecule has 0 aromatic heterocycles. The smallest absolute Gasteiger partial charge is 0.492 e. The van der Waals surface area contributed by atoms with Gasteiger partial charge in [0.2, 0.25) is 0 Å². The predicted molar refractivity (Wildman–Crippen MR) is 42.7 cm³/mol. The summed E-state index contributed by atoms with van der Waals surface area (Å²) in [6.45, 7) is 1.70. The summed E-state index contributed by atoms with van der Waals surface area (Å²) in [7, 11) is -1.60. The standard InChI is InChI=1S/C7H9BO3/c1-5-3-2-4-6(7(5)9)8(10)11/h2-4,9-11H,1H3. The van der Waals surface area contributed by atoms with E-state index in [0.29, 0.717) is 5.56 Å². The SMILES string of the molecule is Cc1cccc(B(O)O)c1O. The lowest BCUT2D eigenvalue weighted by molar-refractivity contribution is 0.419. The highest BCUT2D eigenvalue weighted by atomic mass is 16.4. The van der Waals surface area contributed by atoms with E-state index >= 15 is 0 Å². The van der Waals surface area contributed by atoms with Crippen LogP contribution in [0, 0.1) is 6.92 Å². The van der Waals surface area contributed by atoms with Crippen LogP contribution in [0.4, 0.5) is 0 Å². The second-order valence-corrected chi connectivity index (χ2v) is 2.39. The van der Waals surface area contributed by atoms with Gasteiger partial charge in [0.1, 0.15) is 5.75 Å². The Morgan fingerprint density at radius 1 is 1.27 bits per heavy atom. The van der Waals surface area contributed by atoms with Crippen molar-refractivity contribution in [2.75, 3.05) is 0 Å². The van der Waals surface area contributed by atoms with Crippen LogP contribution in [0.2, 0.25) is 0 Å². The van der Waals surface area contributed by atoms with Gasteiger partial charge in [-0.3, -0.25) is 0 Å². The average Bonchev–Trinajstić information content (AvgIpc) is 1.94. The van der Waals surface area contributed by atoms with Crippen LogP contribution in [0.1, 0.15) is 5.56 Å². The molecule has 0 saturated heterocycles. The first kappa shape index (κ1) is 8.10. The zero-order valence-corrected chi connectivity index (χ0v) is 6.15. The van der Waals surface area contributed by atoms with Crippen molar-refractivity contribution in [2.45, 2.75) is 6.92 Å². The van der Waals surface area contributed by atoms with Gasteiger partial charge in [-0.2, -0.15) is 0 Å². The summed E-state index contributed by atoms with van der Waals surface area (Å²) in [5.74, 6) is -0.0532. The van der Waals surface area contributed by atoms with Gasteiger partial charge in [0.05, 0.1) is 0 Å². The second kappa shape index (κ2) is 2.94. The maximum atomic E-state index is 9.25. The van der Waals surface area contributed by atoms with Gasteiger partial charge in [-0.05, 0) is 12.5 Å². The minimum absolute atomic E-state index is 0.0532. The van der Waals surface area contributed by atoms with E-state index < -0.39 is 7.12 Å². The molecule has 0 aliphatic carbocycles. The number of hydrogen-bond donors (Lipinski definition) is 3. The molecule has 1 rings (SSSR count). The molecule has 0 heterocycles. The molecule has 0 unspecified atom stereocenters. The van der Waals surface area contributed by atoms with Crippen LogP contribution >= 0.6 is 0 Å². The fraction of sp³-hybridized carbons (Fsp3) is 0.143. The van der Waals surface area contributed by atoms with Crippen LogP contribution < -0.4 is 5.46 Å². The monoisotopic (exact) mass is 152 g/mol. The highest BCUT2D eigenvalue weighted by molar-refractivity contribution is 6.59. The van der Waals surface area contributed by atoms with Gasteiger partial charge in [0.15, 0.2) is 0 Å². The molecule has 4 heteroatoms. The molecule has 0 fully saturated rings. The van der Waals surface area contributed by atoms with Gasteiger partial charge < -0.3 is 15.2 Å². The summed E-state index contributed by atoms with van der Waals surface area (Å²) >= 11 is 0. The third-order valence-corrected chi connectivity index (χ3v) is 1.55. The lowest BCUT2D eigenvalue weighted by Crippen LogP contribution is -2.30. The molecular weight excluding hydrogens is 143 g/mol. The molecular formula is C7H9BO3. The van der Waals surface area contributed by atoms with E-state index in [4.69, 9.17) is 10.0 Å². The number of aromatic hydroxyl groups is 1. The fourth-order valence-electron chi connectivity index (χ4n) is 0.890. The molecule has 58 valence electrons. The molecule has 11 heavy (non-hydrogen) atoms. The Bertz CT molecular complexity index is 260. The van der Waals surface area contributed by atoms with Crippen molar-refractivity contribution in [2.24, 2.45) is 0 Å². The molecule has 1 aromatic rings. The van der Waals surface area contributed by atoms with Gasteiger partial charge in [-0.25, -0.2) is 0 Å². The van der Waals surface area contributed by atoms with Gasteiger partial charge >= 0.3 is 7.12 Å². The summed E-state index contributed by atoms with van der Waals surface area (Å²) in [4.78, 5) is 0. The molecule has 0 radical (unpaired) electrons. The molecule has 3 N–H and O–H groups in total. The minimum Gasteiger partial charge on any atom is -0.508 e. The summed E-state index contributed by atoms with van der Waals surface area (Å²) in [5, 5.41) is 26.7. The Hall–Kier alpha value is -0.995. The number of para-hydroxylation sites is 1. The van der Waals surface area contributed by atoms with Gasteiger partial charge in [0.25, 0.3) is 0 Å². The Labute approximate surface area is 65.1 Å². The zero-order chi connectivity index (χ0) is 8.43. The van der Waals surface area contributed by atoms with Gasteiger partial charge in [0, 0.05) is 5.46 Å². The quantitative estimate of drug-likeness (QED) is 0.470. The predicted octanol–water partition coefficient (Wildman–Crippen LogP) is -0.620. The van der Waals surface area contributed by atoms with Crippen molar-refractivity contribution >= 4 is 12.6 Å². The summed E-state index contributed by atoms with van der Waals surface area (Å²) in [5.41, 5.74) is 0.778. The normalized spacial score (nSPS) is 9.73. The number of rotatable bonds is 1. The van der Waals surface area contributed by atoms with Crippen molar-refractivity contribution in [3.8, 4) is 5.75 Å². The van der Waals surface area contributed by atoms with E-state index in [0.717, 1.165) is 0 Å². The first-order chi connectivity index (χ1) is 5.13. The van der Waals surface area contributed by atoms with E-state index in [-0.39, 0.29) is 11.2 Å². The summed E-state index contributed by atoms with van der Waals surface area (Å²) in [6.07, 6.45) is 0. The maximum absolute atomic E-state index is 9.25. The van der Waals surface area contributed by atoms with E-state index in [1.54, 1.807) is 19.1 Å². The molecule has 1 aromatic carbocycles. The first-order valence-electron chi connectivity index (χ1n) is 3.27. The van der Waals surface area contributed by atoms with Crippen LogP contribution in [0.15, 0.2) is 18.2 Å². The highest BCUT2D eigenvalue weighted by Gasteiger charge is 2.15. The second-order valence-electron chi connectivity index (χ2n) is 2.39. The van der Waals surface area contributed by atoms with Crippen molar-refractivity contribution in [1.29, 1.82) is 0 Å². The molecule has 0 aliphatic heterocycles. The molecule has 0 bridgehead atoms. The summed E-state index contributed by atoms with van der Waals surface area (Å²) < 4.78 is 0. The maximum Gasteiger partial charge on any atom is 0.492 e. The number of phenols is 1. The Balaban J connectivity index is 3.17. The van der Waals surface area contributed by atoms with Crippen molar-refractivity contribution in [1.82, 2.24) is 0 Å². The Morgan fingerprint density at radius 2 is 1.91 bits per heavy atom. The number of hydrogen-bond acceptors (Lipinski definition) is 3. The van der Waals surface area contributed by atoms with Gasteiger partial charge in [-0.15, -0.1) is 0 Å². The van der Waals surface area contributed by atoms with Crippen LogP contribution in [-0.4, -0.2) is 22.3 Å². The van der Waals surface area contributed by atoms with Crippen LogP contribution in [0.25, 0.3) is 0 Å². The lowest BCUT2D eigenvalue weighted by atomic mass is 9.79. The van der Waals surface area contributed by atoms with Crippen molar-refractivity contribution in [3.05, 3.63) is 23.8 Å². The van der Waals surface area contributed by atoms with Crippen molar-refractivity contribution in [3.63, 3.8) is 0 Å². The van der Waals surface area contributed by atoms with E-state index in [1.807, 2.05) is 0 Å². The third-order valence-electron chi connectivity index (χ3n) is 1.55. The topological polar surface area (TPSA) is 60.7 Å². The first-order valence-corrected chi connectivity index (χ1v) is 3.27. The number of benzene rings is 1. The summed E-state index contributed by atoms with van der Waals surface area (Å²) in [6, 6.07) is 4.82. The average molecular weight is 152 g/mol. The molecule has 0 amide bonds. The van der Waals surface area contributed by atoms with E-state index in [2.05, 4.69) is 0 Å². The largest absolute Gasteiger partial charge is 0.508 e. The number of phenolic OH excluding ortho intramolecular Hbond substituents is 1. The third kappa shape index (κ3) is 1.53. The Kier molecular flexibility index (Phi) is 2.17. The van der Waals surface area contributed by atoms with E-state index in [9.17, 15) is 5.11 Å². The minimum atomic E-state index is -1.60. The molecule has 0 spiro atoms.